The van der Waals surface area contributed by atoms with E-state index in [1.807, 2.05) is 0 Å². The number of fused-ring (bicyclic) bond motifs is 1. The van der Waals surface area contributed by atoms with E-state index in [1.165, 1.54) is 16.7 Å². The van der Waals surface area contributed by atoms with Crippen LogP contribution in [0.1, 0.15) is 22.1 Å². The van der Waals surface area contributed by atoms with Crippen LogP contribution >= 0.6 is 0 Å². The average molecular weight is 288 g/mol. The number of benzene rings is 1. The Kier molecular flexibility index (Phi) is 3.05. The number of carboxylic acid groups (broad SMARTS) is 1. The minimum Gasteiger partial charge on any atom is -0.478 e. The molecule has 0 bridgehead atoms. The van der Waals surface area contributed by atoms with Crippen molar-refractivity contribution in [2.75, 3.05) is 0 Å². The van der Waals surface area contributed by atoms with Gasteiger partial charge in [-0.3, -0.25) is 4.57 Å². The highest BCUT2D eigenvalue weighted by Crippen LogP contribution is 2.13. The van der Waals surface area contributed by atoms with Crippen LogP contribution in [0.2, 0.25) is 0 Å². The van der Waals surface area contributed by atoms with E-state index >= 15 is 0 Å². The molecule has 0 aliphatic carbocycles. The Hall–Kier alpha value is -2.90. The van der Waals surface area contributed by atoms with Crippen LogP contribution in [0.25, 0.3) is 11.0 Å². The first kappa shape index (κ1) is 13.1. The predicted molar refractivity (Wildman–Crippen MR) is 72.3 cm³/mol. The minimum atomic E-state index is -1.03. The van der Waals surface area contributed by atoms with E-state index in [0.717, 1.165) is 0 Å². The Morgan fingerprint density at radius 1 is 1.48 bits per heavy atom. The summed E-state index contributed by atoms with van der Waals surface area (Å²) < 4.78 is 6.39. The summed E-state index contributed by atoms with van der Waals surface area (Å²) in [6.07, 6.45) is 0.449. The zero-order chi connectivity index (χ0) is 15.0. The SMILES string of the molecule is Cc1nc(CCn2c(=O)[nH]c3cc(C(=O)O)ccc32)no1. The van der Waals surface area contributed by atoms with Gasteiger partial charge in [-0.05, 0) is 18.2 Å². The standard InChI is InChI=1S/C13H12N4O4/c1-7-14-11(16-21-7)4-5-17-10-3-2-8(12(18)19)6-9(10)15-13(17)20/h2-3,6H,4-5H2,1H3,(H,15,20)(H,18,19). The first-order valence-electron chi connectivity index (χ1n) is 6.29. The summed E-state index contributed by atoms with van der Waals surface area (Å²) in [5.41, 5.74) is 0.965. The van der Waals surface area contributed by atoms with E-state index in [0.29, 0.717) is 35.7 Å². The second-order valence-corrected chi connectivity index (χ2v) is 4.60. The number of hydrogen-bond donors (Lipinski definition) is 2. The summed E-state index contributed by atoms with van der Waals surface area (Å²) in [4.78, 5) is 29.6. The predicted octanol–water partition coefficient (Wildman–Crippen LogP) is 0.962. The van der Waals surface area contributed by atoms with E-state index in [-0.39, 0.29) is 11.3 Å². The van der Waals surface area contributed by atoms with Gasteiger partial charge in [0.15, 0.2) is 5.82 Å². The van der Waals surface area contributed by atoms with E-state index in [2.05, 4.69) is 15.1 Å². The summed E-state index contributed by atoms with van der Waals surface area (Å²) in [6.45, 7) is 2.08. The fourth-order valence-electron chi connectivity index (χ4n) is 2.17. The summed E-state index contributed by atoms with van der Waals surface area (Å²) in [5, 5.41) is 12.7. The van der Waals surface area contributed by atoms with Crippen LogP contribution in [0.4, 0.5) is 0 Å². The zero-order valence-corrected chi connectivity index (χ0v) is 11.2. The number of H-pyrrole nitrogens is 1. The number of carboxylic acids is 1. The van der Waals surface area contributed by atoms with Crippen molar-refractivity contribution in [3.8, 4) is 0 Å². The molecule has 0 aliphatic rings. The molecule has 0 atom stereocenters. The molecule has 2 N–H and O–H groups in total. The lowest BCUT2D eigenvalue weighted by molar-refractivity contribution is 0.0697. The summed E-state index contributed by atoms with van der Waals surface area (Å²) in [5.74, 6) is -0.0361. The van der Waals surface area contributed by atoms with Gasteiger partial charge >= 0.3 is 11.7 Å². The molecule has 0 unspecified atom stereocenters. The monoisotopic (exact) mass is 288 g/mol. The fourth-order valence-corrected chi connectivity index (χ4v) is 2.17. The van der Waals surface area contributed by atoms with Crippen molar-refractivity contribution in [1.82, 2.24) is 19.7 Å². The smallest absolute Gasteiger partial charge is 0.335 e. The molecule has 0 aliphatic heterocycles. The molecular formula is C13H12N4O4. The lowest BCUT2D eigenvalue weighted by Gasteiger charge is -2.01. The third kappa shape index (κ3) is 2.42. The van der Waals surface area contributed by atoms with Gasteiger partial charge in [0.25, 0.3) is 0 Å². The van der Waals surface area contributed by atoms with Crippen LogP contribution < -0.4 is 5.69 Å². The lowest BCUT2D eigenvalue weighted by Crippen LogP contribution is -2.18. The van der Waals surface area contributed by atoms with Gasteiger partial charge in [0.05, 0.1) is 16.6 Å². The summed E-state index contributed by atoms with van der Waals surface area (Å²) in [7, 11) is 0. The van der Waals surface area contributed by atoms with E-state index in [9.17, 15) is 9.59 Å². The van der Waals surface area contributed by atoms with Gasteiger partial charge in [-0.1, -0.05) is 5.16 Å². The molecule has 8 nitrogen and oxygen atoms in total. The fraction of sp³-hybridized carbons (Fsp3) is 0.231. The van der Waals surface area contributed by atoms with Gasteiger partial charge in [0.2, 0.25) is 5.89 Å². The van der Waals surface area contributed by atoms with Crippen molar-refractivity contribution in [2.24, 2.45) is 0 Å². The first-order chi connectivity index (χ1) is 10.0. The van der Waals surface area contributed by atoms with Crippen LogP contribution in [0.3, 0.4) is 0 Å². The Bertz CT molecular complexity index is 874. The molecule has 0 saturated carbocycles. The maximum atomic E-state index is 11.9. The molecule has 2 heterocycles. The number of carbonyl (C=O) groups is 1. The molecule has 3 rings (SSSR count). The highest BCUT2D eigenvalue weighted by molar-refractivity contribution is 5.92. The maximum Gasteiger partial charge on any atom is 0.335 e. The van der Waals surface area contributed by atoms with Crippen molar-refractivity contribution in [3.63, 3.8) is 0 Å². The van der Waals surface area contributed by atoms with Gasteiger partial charge in [-0.2, -0.15) is 4.98 Å². The Labute approximate surface area is 118 Å². The van der Waals surface area contributed by atoms with E-state index in [4.69, 9.17) is 9.63 Å². The molecule has 0 fully saturated rings. The molecule has 8 heteroatoms. The van der Waals surface area contributed by atoms with Crippen molar-refractivity contribution in [1.29, 1.82) is 0 Å². The second-order valence-electron chi connectivity index (χ2n) is 4.60. The van der Waals surface area contributed by atoms with Crippen LogP contribution in [-0.4, -0.2) is 30.8 Å². The van der Waals surface area contributed by atoms with Crippen LogP contribution in [0.15, 0.2) is 27.5 Å². The zero-order valence-electron chi connectivity index (χ0n) is 11.2. The molecule has 108 valence electrons. The third-order valence-electron chi connectivity index (χ3n) is 3.15. The largest absolute Gasteiger partial charge is 0.478 e. The minimum absolute atomic E-state index is 0.129. The average Bonchev–Trinajstić information content (AvgIpc) is 2.98. The molecule has 2 aromatic heterocycles. The molecule has 3 aromatic rings. The quantitative estimate of drug-likeness (QED) is 0.739. The lowest BCUT2D eigenvalue weighted by atomic mass is 10.2. The van der Waals surface area contributed by atoms with E-state index in [1.54, 1.807) is 13.0 Å². The number of aromatic nitrogens is 4. The number of rotatable bonds is 4. The maximum absolute atomic E-state index is 11.9. The Balaban J connectivity index is 1.93. The van der Waals surface area contributed by atoms with Crippen LogP contribution in [0, 0.1) is 6.92 Å². The van der Waals surface area contributed by atoms with Gasteiger partial charge in [0, 0.05) is 19.9 Å². The molecule has 0 amide bonds. The number of hydrogen-bond acceptors (Lipinski definition) is 5. The number of nitrogens with one attached hydrogen (secondary N) is 1. The number of aromatic amines is 1. The van der Waals surface area contributed by atoms with Crippen LogP contribution in [0.5, 0.6) is 0 Å². The van der Waals surface area contributed by atoms with Gasteiger partial charge in [-0.25, -0.2) is 9.59 Å². The Morgan fingerprint density at radius 2 is 2.29 bits per heavy atom. The number of aromatic carboxylic acids is 1. The van der Waals surface area contributed by atoms with Gasteiger partial charge in [-0.15, -0.1) is 0 Å². The molecular weight excluding hydrogens is 276 g/mol. The third-order valence-corrected chi connectivity index (χ3v) is 3.15. The highest BCUT2D eigenvalue weighted by Gasteiger charge is 2.11. The van der Waals surface area contributed by atoms with Crippen molar-refractivity contribution < 1.29 is 14.4 Å². The molecule has 0 spiro atoms. The van der Waals surface area contributed by atoms with Gasteiger partial charge < -0.3 is 14.6 Å². The van der Waals surface area contributed by atoms with Crippen molar-refractivity contribution in [2.45, 2.75) is 19.9 Å². The normalized spacial score (nSPS) is 11.1. The van der Waals surface area contributed by atoms with Gasteiger partial charge in [0.1, 0.15) is 0 Å². The van der Waals surface area contributed by atoms with Crippen molar-refractivity contribution >= 4 is 17.0 Å². The second kappa shape index (κ2) is 4.89. The first-order valence-corrected chi connectivity index (χ1v) is 6.29. The molecule has 1 aromatic carbocycles. The van der Waals surface area contributed by atoms with Crippen LogP contribution in [-0.2, 0) is 13.0 Å². The summed E-state index contributed by atoms with van der Waals surface area (Å²) in [6, 6.07) is 4.51. The number of nitrogens with zero attached hydrogens (tertiary/aromatic N) is 3. The Morgan fingerprint density at radius 3 is 2.95 bits per heavy atom. The molecule has 0 radical (unpaired) electrons. The topological polar surface area (TPSA) is 114 Å². The van der Waals surface area contributed by atoms with E-state index < -0.39 is 5.97 Å². The van der Waals surface area contributed by atoms with Crippen molar-refractivity contribution in [3.05, 3.63) is 46.0 Å². The number of aryl methyl sites for hydroxylation is 3. The highest BCUT2D eigenvalue weighted by atomic mass is 16.5. The number of imidazole rings is 1. The summed E-state index contributed by atoms with van der Waals surface area (Å²) >= 11 is 0. The molecule has 21 heavy (non-hydrogen) atoms. The molecule has 0 saturated heterocycles.